The Balaban J connectivity index is 1.66. The van der Waals surface area contributed by atoms with Crippen molar-refractivity contribution in [3.8, 4) is 0 Å². The molecule has 0 aliphatic heterocycles. The summed E-state index contributed by atoms with van der Waals surface area (Å²) in [7, 11) is 0. The van der Waals surface area contributed by atoms with Crippen molar-refractivity contribution in [1.29, 1.82) is 0 Å². The predicted octanol–water partition coefficient (Wildman–Crippen LogP) is 3.60. The first-order chi connectivity index (χ1) is 10.2. The summed E-state index contributed by atoms with van der Waals surface area (Å²) in [6.07, 6.45) is 7.29. The fourth-order valence-corrected chi connectivity index (χ4v) is 2.66. The van der Waals surface area contributed by atoms with Crippen LogP contribution < -0.4 is 5.32 Å². The molecule has 4 heteroatoms. The highest BCUT2D eigenvalue weighted by atomic mass is 19.1. The number of benzene rings is 1. The number of rotatable bonds is 6. The van der Waals surface area contributed by atoms with Crippen LogP contribution >= 0.6 is 0 Å². The maximum atomic E-state index is 13.6. The number of amides is 1. The maximum absolute atomic E-state index is 13.6. The highest BCUT2D eigenvalue weighted by Gasteiger charge is 2.14. The Morgan fingerprint density at radius 1 is 1.33 bits per heavy atom. The molecule has 1 amide bonds. The Morgan fingerprint density at radius 3 is 2.86 bits per heavy atom. The van der Waals surface area contributed by atoms with Crippen molar-refractivity contribution in [3.63, 3.8) is 0 Å². The molecule has 1 N–H and O–H groups in total. The second kappa shape index (κ2) is 8.13. The van der Waals surface area contributed by atoms with E-state index in [-0.39, 0.29) is 11.5 Å². The van der Waals surface area contributed by atoms with Crippen molar-refractivity contribution in [1.82, 2.24) is 5.32 Å². The van der Waals surface area contributed by atoms with Gasteiger partial charge in [-0.25, -0.2) is 4.39 Å². The predicted molar refractivity (Wildman–Crippen MR) is 80.9 cm³/mol. The lowest BCUT2D eigenvalue weighted by Gasteiger charge is -2.21. The maximum Gasteiger partial charge on any atom is 0.254 e. The Labute approximate surface area is 125 Å². The van der Waals surface area contributed by atoms with Crippen LogP contribution in [-0.2, 0) is 4.74 Å². The zero-order valence-electron chi connectivity index (χ0n) is 12.7. The van der Waals surface area contributed by atoms with Gasteiger partial charge in [-0.3, -0.25) is 4.79 Å². The highest BCUT2D eigenvalue weighted by Crippen LogP contribution is 2.20. The molecular formula is C17H24FNO2. The Morgan fingerprint density at radius 2 is 2.10 bits per heavy atom. The van der Waals surface area contributed by atoms with Crippen LogP contribution in [0.1, 0.15) is 54.4 Å². The molecule has 0 atom stereocenters. The third-order valence-electron chi connectivity index (χ3n) is 3.88. The topological polar surface area (TPSA) is 38.3 Å². The Bertz CT molecular complexity index is 470. The van der Waals surface area contributed by atoms with Gasteiger partial charge < -0.3 is 10.1 Å². The van der Waals surface area contributed by atoms with Gasteiger partial charge in [0.1, 0.15) is 5.82 Å². The van der Waals surface area contributed by atoms with Gasteiger partial charge >= 0.3 is 0 Å². The summed E-state index contributed by atoms with van der Waals surface area (Å²) in [5.41, 5.74) is 0.991. The number of ether oxygens (including phenoxy) is 1. The summed E-state index contributed by atoms with van der Waals surface area (Å²) >= 11 is 0. The minimum Gasteiger partial charge on any atom is -0.378 e. The van der Waals surface area contributed by atoms with Gasteiger partial charge in [0.2, 0.25) is 0 Å². The van der Waals surface area contributed by atoms with Crippen molar-refractivity contribution in [3.05, 3.63) is 35.1 Å². The number of carbonyl (C=O) groups is 1. The van der Waals surface area contributed by atoms with E-state index in [2.05, 4.69) is 5.32 Å². The Hall–Kier alpha value is -1.42. The fraction of sp³-hybridized carbons (Fsp3) is 0.588. The first kappa shape index (κ1) is 16.0. The van der Waals surface area contributed by atoms with E-state index in [1.54, 1.807) is 12.1 Å². The largest absolute Gasteiger partial charge is 0.378 e. The molecule has 3 nitrogen and oxygen atoms in total. The molecule has 116 valence electrons. The van der Waals surface area contributed by atoms with Crippen molar-refractivity contribution >= 4 is 5.91 Å². The van der Waals surface area contributed by atoms with Gasteiger partial charge in [-0.1, -0.05) is 30.9 Å². The average molecular weight is 293 g/mol. The van der Waals surface area contributed by atoms with Crippen LogP contribution in [0.3, 0.4) is 0 Å². The van der Waals surface area contributed by atoms with Crippen molar-refractivity contribution in [2.75, 3.05) is 13.2 Å². The van der Waals surface area contributed by atoms with E-state index >= 15 is 0 Å². The van der Waals surface area contributed by atoms with Crippen LogP contribution in [0.2, 0.25) is 0 Å². The van der Waals surface area contributed by atoms with Crippen molar-refractivity contribution in [2.45, 2.75) is 51.6 Å². The molecule has 21 heavy (non-hydrogen) atoms. The molecule has 0 heterocycles. The molecular weight excluding hydrogens is 269 g/mol. The van der Waals surface area contributed by atoms with Crippen LogP contribution in [0.4, 0.5) is 4.39 Å². The molecule has 0 aromatic heterocycles. The van der Waals surface area contributed by atoms with E-state index in [0.717, 1.165) is 24.8 Å². The smallest absolute Gasteiger partial charge is 0.254 e. The second-order valence-corrected chi connectivity index (χ2v) is 5.72. The van der Waals surface area contributed by atoms with Gasteiger partial charge in [-0.15, -0.1) is 0 Å². The van der Waals surface area contributed by atoms with E-state index < -0.39 is 5.82 Å². The van der Waals surface area contributed by atoms with E-state index in [1.165, 1.54) is 25.3 Å². The lowest BCUT2D eigenvalue weighted by molar-refractivity contribution is 0.0273. The second-order valence-electron chi connectivity index (χ2n) is 5.72. The molecule has 0 bridgehead atoms. The summed E-state index contributed by atoms with van der Waals surface area (Å²) in [6, 6.07) is 4.56. The standard InChI is InChI=1S/C17H24FNO2/c1-13-8-9-16(18)15(12-13)17(20)19-10-5-11-21-14-6-3-2-4-7-14/h8-9,12,14H,2-7,10-11H2,1H3,(H,19,20). The minimum absolute atomic E-state index is 0.114. The fourth-order valence-electron chi connectivity index (χ4n) is 2.66. The zero-order valence-corrected chi connectivity index (χ0v) is 12.7. The summed E-state index contributed by atoms with van der Waals surface area (Å²) in [6.45, 7) is 3.01. The average Bonchev–Trinajstić information content (AvgIpc) is 2.50. The van der Waals surface area contributed by atoms with Gasteiger partial charge in [-0.2, -0.15) is 0 Å². The summed E-state index contributed by atoms with van der Waals surface area (Å²) in [5.74, 6) is -0.828. The van der Waals surface area contributed by atoms with Crippen LogP contribution in [0, 0.1) is 12.7 Å². The molecule has 1 aromatic carbocycles. The molecule has 0 spiro atoms. The summed E-state index contributed by atoms with van der Waals surface area (Å²) in [5, 5.41) is 2.75. The van der Waals surface area contributed by atoms with Crippen LogP contribution in [0.5, 0.6) is 0 Å². The Kier molecular flexibility index (Phi) is 6.18. The van der Waals surface area contributed by atoms with Gasteiger partial charge in [-0.05, 0) is 38.3 Å². The summed E-state index contributed by atoms with van der Waals surface area (Å²) in [4.78, 5) is 11.9. The van der Waals surface area contributed by atoms with Crippen molar-refractivity contribution in [2.24, 2.45) is 0 Å². The number of carbonyl (C=O) groups excluding carboxylic acids is 1. The normalized spacial score (nSPS) is 15.9. The molecule has 1 saturated carbocycles. The first-order valence-electron chi connectivity index (χ1n) is 7.83. The lowest BCUT2D eigenvalue weighted by Crippen LogP contribution is -2.27. The number of nitrogens with one attached hydrogen (secondary N) is 1. The van der Waals surface area contributed by atoms with E-state index in [4.69, 9.17) is 4.74 Å². The quantitative estimate of drug-likeness (QED) is 0.814. The number of hydrogen-bond acceptors (Lipinski definition) is 2. The molecule has 1 fully saturated rings. The van der Waals surface area contributed by atoms with E-state index in [0.29, 0.717) is 19.3 Å². The zero-order chi connectivity index (χ0) is 15.1. The SMILES string of the molecule is Cc1ccc(F)c(C(=O)NCCCOC2CCCCC2)c1. The molecule has 1 aromatic rings. The van der Waals surface area contributed by atoms with Gasteiger partial charge in [0, 0.05) is 13.2 Å². The number of aryl methyl sites for hydroxylation is 1. The van der Waals surface area contributed by atoms with Crippen LogP contribution in [0.25, 0.3) is 0 Å². The molecule has 0 unspecified atom stereocenters. The summed E-state index contributed by atoms with van der Waals surface area (Å²) < 4.78 is 19.3. The molecule has 2 rings (SSSR count). The number of hydrogen-bond donors (Lipinski definition) is 1. The van der Waals surface area contributed by atoms with E-state index in [9.17, 15) is 9.18 Å². The molecule has 1 aliphatic carbocycles. The van der Waals surface area contributed by atoms with Gasteiger partial charge in [0.15, 0.2) is 0 Å². The first-order valence-corrected chi connectivity index (χ1v) is 7.83. The molecule has 0 radical (unpaired) electrons. The highest BCUT2D eigenvalue weighted by molar-refractivity contribution is 5.94. The van der Waals surface area contributed by atoms with Gasteiger partial charge in [0.25, 0.3) is 5.91 Å². The third kappa shape index (κ3) is 5.12. The van der Waals surface area contributed by atoms with Crippen LogP contribution in [0.15, 0.2) is 18.2 Å². The molecule has 1 aliphatic rings. The van der Waals surface area contributed by atoms with Crippen molar-refractivity contribution < 1.29 is 13.9 Å². The lowest BCUT2D eigenvalue weighted by atomic mass is 9.98. The minimum atomic E-state index is -0.475. The molecule has 0 saturated heterocycles. The number of halogens is 1. The van der Waals surface area contributed by atoms with Gasteiger partial charge in [0.05, 0.1) is 11.7 Å². The van der Waals surface area contributed by atoms with Crippen LogP contribution in [-0.4, -0.2) is 25.2 Å². The third-order valence-corrected chi connectivity index (χ3v) is 3.88. The monoisotopic (exact) mass is 293 g/mol. The van der Waals surface area contributed by atoms with E-state index in [1.807, 2.05) is 6.92 Å².